The van der Waals surface area contributed by atoms with Gasteiger partial charge in [0.1, 0.15) is 11.5 Å². The fourth-order valence-corrected chi connectivity index (χ4v) is 1.97. The van der Waals surface area contributed by atoms with Gasteiger partial charge in [-0.05, 0) is 47.9 Å². The summed E-state index contributed by atoms with van der Waals surface area (Å²) in [7, 11) is 1.64. The molecule has 2 rings (SSSR count). The molecule has 0 aliphatic carbocycles. The molecule has 20 heavy (non-hydrogen) atoms. The first-order chi connectivity index (χ1) is 9.60. The summed E-state index contributed by atoms with van der Waals surface area (Å²) in [5.41, 5.74) is 3.05. The summed E-state index contributed by atoms with van der Waals surface area (Å²) in [5.74, 6) is 0.390. The number of carboxylic acids is 1. The Balaban J connectivity index is 2.26. The number of aryl methyl sites for hydroxylation is 1. The van der Waals surface area contributed by atoms with E-state index >= 15 is 0 Å². The van der Waals surface area contributed by atoms with Gasteiger partial charge < -0.3 is 14.6 Å². The molecule has 2 aromatic rings. The summed E-state index contributed by atoms with van der Waals surface area (Å²) < 4.78 is 10.4. The molecule has 0 bridgehead atoms. The van der Waals surface area contributed by atoms with Gasteiger partial charge >= 0.3 is 5.97 Å². The summed E-state index contributed by atoms with van der Waals surface area (Å²) in [4.78, 5) is 10.5. The molecule has 0 heterocycles. The van der Waals surface area contributed by atoms with E-state index in [1.807, 2.05) is 43.3 Å². The standard InChI is InChI=1S/C16H16O4/c1-11-8-13(6-7-15(11)19-2)12-4-3-5-14(9-12)20-10-16(17)18/h3-9H,10H2,1-2H3,(H,17,18). The van der Waals surface area contributed by atoms with Crippen molar-refractivity contribution in [3.8, 4) is 22.6 Å². The molecule has 0 aliphatic rings. The van der Waals surface area contributed by atoms with Crippen LogP contribution in [-0.2, 0) is 4.79 Å². The number of carbonyl (C=O) groups is 1. The van der Waals surface area contributed by atoms with Crippen LogP contribution in [0.5, 0.6) is 11.5 Å². The maximum absolute atomic E-state index is 10.5. The summed E-state index contributed by atoms with van der Waals surface area (Å²) in [6.45, 7) is 1.64. The lowest BCUT2D eigenvalue weighted by Crippen LogP contribution is -2.09. The smallest absolute Gasteiger partial charge is 0.341 e. The monoisotopic (exact) mass is 272 g/mol. The molecule has 4 heteroatoms. The van der Waals surface area contributed by atoms with E-state index in [0.29, 0.717) is 5.75 Å². The molecule has 0 amide bonds. The predicted octanol–water partition coefficient (Wildman–Crippen LogP) is 3.13. The normalized spacial score (nSPS) is 10.1. The quantitative estimate of drug-likeness (QED) is 0.908. The lowest BCUT2D eigenvalue weighted by Gasteiger charge is -2.09. The van der Waals surface area contributed by atoms with Crippen molar-refractivity contribution >= 4 is 5.97 Å². The predicted molar refractivity (Wildman–Crippen MR) is 76.3 cm³/mol. The van der Waals surface area contributed by atoms with Crippen molar-refractivity contribution in [1.29, 1.82) is 0 Å². The van der Waals surface area contributed by atoms with E-state index < -0.39 is 5.97 Å². The number of aliphatic carboxylic acids is 1. The number of carboxylic acid groups (broad SMARTS) is 1. The van der Waals surface area contributed by atoms with Crippen LogP contribution in [0.25, 0.3) is 11.1 Å². The second kappa shape index (κ2) is 6.10. The second-order valence-electron chi connectivity index (χ2n) is 4.39. The van der Waals surface area contributed by atoms with Crippen molar-refractivity contribution in [1.82, 2.24) is 0 Å². The number of benzene rings is 2. The molecular formula is C16H16O4. The highest BCUT2D eigenvalue weighted by molar-refractivity contribution is 5.69. The van der Waals surface area contributed by atoms with Crippen LogP contribution in [0.2, 0.25) is 0 Å². The van der Waals surface area contributed by atoms with Crippen LogP contribution in [0, 0.1) is 6.92 Å². The van der Waals surface area contributed by atoms with Crippen LogP contribution < -0.4 is 9.47 Å². The molecule has 4 nitrogen and oxygen atoms in total. The van der Waals surface area contributed by atoms with Crippen molar-refractivity contribution in [2.75, 3.05) is 13.7 Å². The van der Waals surface area contributed by atoms with Crippen molar-refractivity contribution in [3.63, 3.8) is 0 Å². The zero-order chi connectivity index (χ0) is 14.5. The van der Waals surface area contributed by atoms with Crippen molar-refractivity contribution < 1.29 is 19.4 Å². The first-order valence-corrected chi connectivity index (χ1v) is 6.20. The maximum Gasteiger partial charge on any atom is 0.341 e. The summed E-state index contributed by atoms with van der Waals surface area (Å²) in [5, 5.41) is 8.62. The Bertz CT molecular complexity index is 620. The van der Waals surface area contributed by atoms with E-state index in [2.05, 4.69) is 0 Å². The van der Waals surface area contributed by atoms with Gasteiger partial charge in [-0.1, -0.05) is 18.2 Å². The molecule has 0 spiro atoms. The van der Waals surface area contributed by atoms with E-state index in [-0.39, 0.29) is 6.61 Å². The first kappa shape index (κ1) is 13.9. The number of ether oxygens (including phenoxy) is 2. The Morgan fingerprint density at radius 1 is 1.15 bits per heavy atom. The van der Waals surface area contributed by atoms with Gasteiger partial charge in [0.2, 0.25) is 0 Å². The lowest BCUT2D eigenvalue weighted by atomic mass is 10.0. The summed E-state index contributed by atoms with van der Waals surface area (Å²) in [6.07, 6.45) is 0. The Labute approximate surface area is 117 Å². The van der Waals surface area contributed by atoms with Crippen molar-refractivity contribution in [3.05, 3.63) is 48.0 Å². The lowest BCUT2D eigenvalue weighted by molar-refractivity contribution is -0.139. The maximum atomic E-state index is 10.5. The van der Waals surface area contributed by atoms with Gasteiger partial charge in [0, 0.05) is 0 Å². The van der Waals surface area contributed by atoms with Gasteiger partial charge in [0.05, 0.1) is 7.11 Å². The Morgan fingerprint density at radius 2 is 1.90 bits per heavy atom. The third kappa shape index (κ3) is 3.29. The topological polar surface area (TPSA) is 55.8 Å². The molecule has 0 saturated carbocycles. The number of rotatable bonds is 5. The van der Waals surface area contributed by atoms with Gasteiger partial charge in [-0.2, -0.15) is 0 Å². The molecule has 2 aromatic carbocycles. The third-order valence-electron chi connectivity index (χ3n) is 2.92. The average molecular weight is 272 g/mol. The molecule has 0 aliphatic heterocycles. The molecular weight excluding hydrogens is 256 g/mol. The highest BCUT2D eigenvalue weighted by atomic mass is 16.5. The summed E-state index contributed by atoms with van der Waals surface area (Å²) >= 11 is 0. The minimum atomic E-state index is -0.990. The zero-order valence-electron chi connectivity index (χ0n) is 11.4. The van der Waals surface area contributed by atoms with Crippen LogP contribution in [0.3, 0.4) is 0 Å². The van der Waals surface area contributed by atoms with Gasteiger partial charge in [0.15, 0.2) is 6.61 Å². The van der Waals surface area contributed by atoms with Gasteiger partial charge in [-0.3, -0.25) is 0 Å². The van der Waals surface area contributed by atoms with Crippen molar-refractivity contribution in [2.24, 2.45) is 0 Å². The fourth-order valence-electron chi connectivity index (χ4n) is 1.97. The Kier molecular flexibility index (Phi) is 4.25. The van der Waals surface area contributed by atoms with Crippen molar-refractivity contribution in [2.45, 2.75) is 6.92 Å². The molecule has 0 unspecified atom stereocenters. The zero-order valence-corrected chi connectivity index (χ0v) is 11.4. The van der Waals surface area contributed by atoms with E-state index in [1.165, 1.54) is 0 Å². The third-order valence-corrected chi connectivity index (χ3v) is 2.92. The van der Waals surface area contributed by atoms with Crippen LogP contribution in [0.4, 0.5) is 0 Å². The van der Waals surface area contributed by atoms with Gasteiger partial charge in [0.25, 0.3) is 0 Å². The van der Waals surface area contributed by atoms with Crippen LogP contribution >= 0.6 is 0 Å². The fraction of sp³-hybridized carbons (Fsp3) is 0.188. The van der Waals surface area contributed by atoms with Crippen LogP contribution in [0.1, 0.15) is 5.56 Å². The van der Waals surface area contributed by atoms with Gasteiger partial charge in [-0.15, -0.1) is 0 Å². The Hall–Kier alpha value is -2.49. The average Bonchev–Trinajstić information content (AvgIpc) is 2.45. The molecule has 0 aromatic heterocycles. The summed E-state index contributed by atoms with van der Waals surface area (Å²) in [6, 6.07) is 13.3. The largest absolute Gasteiger partial charge is 0.496 e. The molecule has 104 valence electrons. The number of methoxy groups -OCH3 is 1. The van der Waals surface area contributed by atoms with E-state index in [0.717, 1.165) is 22.4 Å². The minimum absolute atomic E-state index is 0.342. The second-order valence-corrected chi connectivity index (χ2v) is 4.39. The highest BCUT2D eigenvalue weighted by Crippen LogP contribution is 2.28. The van der Waals surface area contributed by atoms with Gasteiger partial charge in [-0.25, -0.2) is 4.79 Å². The van der Waals surface area contributed by atoms with Crippen LogP contribution in [-0.4, -0.2) is 24.8 Å². The molecule has 0 radical (unpaired) electrons. The highest BCUT2D eigenvalue weighted by Gasteiger charge is 2.05. The molecule has 1 N–H and O–H groups in total. The molecule has 0 atom stereocenters. The molecule has 0 fully saturated rings. The van der Waals surface area contributed by atoms with E-state index in [1.54, 1.807) is 13.2 Å². The molecule has 0 saturated heterocycles. The van der Waals surface area contributed by atoms with Crippen LogP contribution in [0.15, 0.2) is 42.5 Å². The van der Waals surface area contributed by atoms with E-state index in [4.69, 9.17) is 14.6 Å². The first-order valence-electron chi connectivity index (χ1n) is 6.20. The SMILES string of the molecule is COc1ccc(-c2cccc(OCC(=O)O)c2)cc1C. The minimum Gasteiger partial charge on any atom is -0.496 e. The number of hydrogen-bond acceptors (Lipinski definition) is 3. The van der Waals surface area contributed by atoms with E-state index in [9.17, 15) is 4.79 Å². The Morgan fingerprint density at radius 3 is 2.55 bits per heavy atom. The number of hydrogen-bond donors (Lipinski definition) is 1.